The normalized spacial score (nSPS) is 18.2. The van der Waals surface area contributed by atoms with E-state index in [0.29, 0.717) is 42.1 Å². The Morgan fingerprint density at radius 1 is 0.974 bits per heavy atom. The van der Waals surface area contributed by atoms with Gasteiger partial charge in [0.05, 0.1) is 12.8 Å². The monoisotopic (exact) mass is 527 g/mol. The van der Waals surface area contributed by atoms with Crippen LogP contribution < -0.4 is 15.4 Å². The summed E-state index contributed by atoms with van der Waals surface area (Å²) >= 11 is 0. The zero-order valence-corrected chi connectivity index (χ0v) is 22.2. The van der Waals surface area contributed by atoms with Crippen LogP contribution in [0, 0.1) is 0 Å². The number of carbonyl (C=O) groups is 3. The Morgan fingerprint density at radius 3 is 2.33 bits per heavy atom. The summed E-state index contributed by atoms with van der Waals surface area (Å²) in [6, 6.07) is 15.4. The first-order valence-electron chi connectivity index (χ1n) is 13.7. The van der Waals surface area contributed by atoms with Gasteiger partial charge in [0, 0.05) is 37.3 Å². The largest absolute Gasteiger partial charge is 0.497 e. The summed E-state index contributed by atoms with van der Waals surface area (Å²) in [5, 5.41) is 4.44. The van der Waals surface area contributed by atoms with Crippen LogP contribution in [0.2, 0.25) is 0 Å². The highest BCUT2D eigenvalue weighted by Gasteiger charge is 2.44. The van der Waals surface area contributed by atoms with E-state index in [2.05, 4.69) is 17.2 Å². The fraction of sp³-hybridized carbons (Fsp3) is 0.400. The van der Waals surface area contributed by atoms with Crippen molar-refractivity contribution in [3.8, 4) is 11.4 Å². The third kappa shape index (κ3) is 4.56. The number of fused-ring (bicyclic) bond motifs is 1. The van der Waals surface area contributed by atoms with Gasteiger partial charge < -0.3 is 20.3 Å². The zero-order valence-electron chi connectivity index (χ0n) is 22.2. The zero-order chi connectivity index (χ0) is 27.1. The van der Waals surface area contributed by atoms with Crippen molar-refractivity contribution in [2.45, 2.75) is 50.4 Å². The third-order valence-electron chi connectivity index (χ3n) is 8.49. The molecule has 202 valence electrons. The van der Waals surface area contributed by atoms with E-state index in [9.17, 15) is 14.4 Å². The highest BCUT2D eigenvalue weighted by Crippen LogP contribution is 2.51. The number of carbonyl (C=O) groups excluding carboxylic acids is 3. The molecule has 3 heterocycles. The Balaban J connectivity index is 1.24. The van der Waals surface area contributed by atoms with Gasteiger partial charge in [-0.15, -0.1) is 0 Å². The Bertz CT molecular complexity index is 1420. The highest BCUT2D eigenvalue weighted by molar-refractivity contribution is 6.09. The van der Waals surface area contributed by atoms with Crippen LogP contribution in [0.4, 0.5) is 5.69 Å². The van der Waals surface area contributed by atoms with Crippen LogP contribution in [0.3, 0.4) is 0 Å². The molecule has 3 aromatic rings. The van der Waals surface area contributed by atoms with Crippen molar-refractivity contribution >= 4 is 23.4 Å². The number of anilines is 1. The van der Waals surface area contributed by atoms with E-state index in [1.54, 1.807) is 36.3 Å². The number of rotatable bonds is 8. The number of piperidine rings is 1. The lowest BCUT2D eigenvalue weighted by atomic mass is 9.91. The van der Waals surface area contributed by atoms with Crippen molar-refractivity contribution < 1.29 is 19.1 Å². The molecule has 0 unspecified atom stereocenters. The number of aromatic nitrogens is 2. The Labute approximate surface area is 227 Å². The lowest BCUT2D eigenvalue weighted by molar-refractivity contribution is -0.133. The molecule has 2 N–H and O–H groups in total. The molecule has 39 heavy (non-hydrogen) atoms. The van der Waals surface area contributed by atoms with E-state index in [1.807, 2.05) is 17.0 Å². The summed E-state index contributed by atoms with van der Waals surface area (Å²) in [6.45, 7) is 2.12. The fourth-order valence-corrected chi connectivity index (χ4v) is 5.99. The number of nitrogens with two attached hydrogens (primary N) is 1. The van der Waals surface area contributed by atoms with E-state index < -0.39 is 5.91 Å². The van der Waals surface area contributed by atoms with Crippen LogP contribution in [0.5, 0.6) is 5.75 Å². The van der Waals surface area contributed by atoms with Crippen LogP contribution >= 0.6 is 0 Å². The third-order valence-corrected chi connectivity index (χ3v) is 8.49. The van der Waals surface area contributed by atoms with E-state index in [-0.39, 0.29) is 22.9 Å². The van der Waals surface area contributed by atoms with Crippen LogP contribution in [-0.4, -0.2) is 59.1 Å². The summed E-state index contributed by atoms with van der Waals surface area (Å²) < 4.78 is 6.76. The van der Waals surface area contributed by atoms with Crippen molar-refractivity contribution in [3.05, 3.63) is 71.0 Å². The van der Waals surface area contributed by atoms with Gasteiger partial charge >= 0.3 is 0 Å². The molecular weight excluding hydrogens is 494 g/mol. The molecule has 3 aliphatic rings. The van der Waals surface area contributed by atoms with E-state index in [0.717, 1.165) is 50.9 Å². The van der Waals surface area contributed by atoms with Crippen molar-refractivity contribution in [3.63, 3.8) is 0 Å². The minimum atomic E-state index is -0.648. The summed E-state index contributed by atoms with van der Waals surface area (Å²) in [5.41, 5.74) is 9.54. The number of methoxy groups -OCH3 is 1. The van der Waals surface area contributed by atoms with Crippen molar-refractivity contribution in [1.29, 1.82) is 0 Å². The number of hydrogen-bond donors (Lipinski definition) is 1. The van der Waals surface area contributed by atoms with Gasteiger partial charge in [-0.05, 0) is 85.9 Å². The standard InChI is InChI=1S/C30H33N5O4/c1-39-23-11-9-22(10-12-23)35-27-24(26(32-35)28(31)37)13-18-34(29(27)38)21-7-5-20(6-8-21)30(14-15-30)16-19-33-17-3-2-4-25(33)36/h5-12H,2-4,13-19H2,1H3,(H2,31,37). The van der Waals surface area contributed by atoms with Crippen LogP contribution in [0.25, 0.3) is 5.69 Å². The minimum absolute atomic E-state index is 0.124. The molecule has 2 aliphatic heterocycles. The quantitative estimate of drug-likeness (QED) is 0.481. The Kier molecular flexibility index (Phi) is 6.37. The van der Waals surface area contributed by atoms with Gasteiger partial charge in [0.15, 0.2) is 5.69 Å². The van der Waals surface area contributed by atoms with Crippen molar-refractivity contribution in [2.24, 2.45) is 5.73 Å². The molecule has 9 heteroatoms. The molecule has 1 saturated carbocycles. The second-order valence-corrected chi connectivity index (χ2v) is 10.8. The highest BCUT2D eigenvalue weighted by atomic mass is 16.5. The first kappa shape index (κ1) is 25.2. The molecule has 9 nitrogen and oxygen atoms in total. The maximum Gasteiger partial charge on any atom is 0.277 e. The van der Waals surface area contributed by atoms with E-state index in [1.165, 1.54) is 10.2 Å². The molecule has 1 aromatic heterocycles. The molecule has 3 amide bonds. The molecule has 0 bridgehead atoms. The summed E-state index contributed by atoms with van der Waals surface area (Å²) in [4.78, 5) is 42.0. The number of nitrogens with zero attached hydrogens (tertiary/aromatic N) is 4. The summed E-state index contributed by atoms with van der Waals surface area (Å²) in [6.07, 6.45) is 6.47. The minimum Gasteiger partial charge on any atom is -0.497 e. The van der Waals surface area contributed by atoms with Gasteiger partial charge in [0.25, 0.3) is 11.8 Å². The fourth-order valence-electron chi connectivity index (χ4n) is 5.99. The van der Waals surface area contributed by atoms with Gasteiger partial charge in [0.2, 0.25) is 5.91 Å². The molecule has 0 atom stereocenters. The number of likely N-dealkylation sites (tertiary alicyclic amines) is 1. The molecule has 6 rings (SSSR count). The molecule has 0 spiro atoms. The van der Waals surface area contributed by atoms with Crippen LogP contribution in [-0.2, 0) is 16.6 Å². The predicted octanol–water partition coefficient (Wildman–Crippen LogP) is 3.62. The summed E-state index contributed by atoms with van der Waals surface area (Å²) in [5.74, 6) is 0.0947. The smallest absolute Gasteiger partial charge is 0.277 e. The Morgan fingerprint density at radius 2 is 1.69 bits per heavy atom. The molecule has 2 aromatic carbocycles. The molecule has 1 aliphatic carbocycles. The maximum atomic E-state index is 13.8. The van der Waals surface area contributed by atoms with Crippen molar-refractivity contribution in [1.82, 2.24) is 14.7 Å². The Hall–Kier alpha value is -4.14. The maximum absolute atomic E-state index is 13.8. The van der Waals surface area contributed by atoms with E-state index in [4.69, 9.17) is 10.5 Å². The lowest BCUT2D eigenvalue weighted by Gasteiger charge is -2.29. The van der Waals surface area contributed by atoms with Crippen LogP contribution in [0.15, 0.2) is 48.5 Å². The van der Waals surface area contributed by atoms with Gasteiger partial charge in [0.1, 0.15) is 11.4 Å². The SMILES string of the molecule is COc1ccc(-n2nc(C(N)=O)c3c2C(=O)N(c2ccc(C4(CCN5CCCCC5=O)CC4)cc2)CC3)cc1. The van der Waals surface area contributed by atoms with Gasteiger partial charge in [-0.3, -0.25) is 14.4 Å². The van der Waals surface area contributed by atoms with Gasteiger partial charge in [-0.1, -0.05) is 12.1 Å². The molecule has 2 fully saturated rings. The first-order chi connectivity index (χ1) is 18.9. The topological polar surface area (TPSA) is 111 Å². The average Bonchev–Trinajstić information content (AvgIpc) is 3.64. The van der Waals surface area contributed by atoms with Crippen LogP contribution in [0.1, 0.15) is 70.6 Å². The van der Waals surface area contributed by atoms with Gasteiger partial charge in [-0.25, -0.2) is 4.68 Å². The first-order valence-corrected chi connectivity index (χ1v) is 13.7. The van der Waals surface area contributed by atoms with Crippen molar-refractivity contribution in [2.75, 3.05) is 31.6 Å². The number of benzene rings is 2. The lowest BCUT2D eigenvalue weighted by Crippen LogP contribution is -2.39. The summed E-state index contributed by atoms with van der Waals surface area (Å²) in [7, 11) is 1.59. The second-order valence-electron chi connectivity index (χ2n) is 10.8. The average molecular weight is 528 g/mol. The second kappa shape index (κ2) is 9.87. The number of primary amides is 1. The molecular formula is C30H33N5O4. The van der Waals surface area contributed by atoms with Gasteiger partial charge in [-0.2, -0.15) is 5.10 Å². The number of ether oxygens (including phenoxy) is 1. The molecule has 0 radical (unpaired) electrons. The molecule has 1 saturated heterocycles. The number of amides is 3. The van der Waals surface area contributed by atoms with E-state index >= 15 is 0 Å². The number of hydrogen-bond acceptors (Lipinski definition) is 5. The predicted molar refractivity (Wildman–Crippen MR) is 146 cm³/mol.